The van der Waals surface area contributed by atoms with Crippen LogP contribution in [0.25, 0.3) is 0 Å². The Bertz CT molecular complexity index is 246. The molecule has 0 aromatic carbocycles. The van der Waals surface area contributed by atoms with Gasteiger partial charge in [-0.2, -0.15) is 0 Å². The van der Waals surface area contributed by atoms with Crippen molar-refractivity contribution in [3.63, 3.8) is 0 Å². The molecule has 0 bridgehead atoms. The average Bonchev–Trinajstić information content (AvgIpc) is 2.64. The Hall–Kier alpha value is -0.450. The zero-order chi connectivity index (χ0) is 11.1. The summed E-state index contributed by atoms with van der Waals surface area (Å²) in [5.74, 6) is 0.733. The molecule has 0 fully saturated rings. The van der Waals surface area contributed by atoms with Gasteiger partial charge in [0.05, 0.1) is 5.51 Å². The summed E-state index contributed by atoms with van der Waals surface area (Å²) in [6, 6.07) is 0. The zero-order valence-electron chi connectivity index (χ0n) is 9.86. The number of nitrogens with zero attached hydrogens (tertiary/aromatic N) is 2. The van der Waals surface area contributed by atoms with Crippen LogP contribution in [0.3, 0.4) is 0 Å². The molecule has 0 atom stereocenters. The van der Waals surface area contributed by atoms with E-state index in [9.17, 15) is 0 Å². The van der Waals surface area contributed by atoms with E-state index < -0.39 is 0 Å². The fraction of sp³-hybridized carbons (Fsp3) is 0.727. The van der Waals surface area contributed by atoms with Crippen LogP contribution in [0.1, 0.15) is 18.7 Å². The number of hydrogen-bond acceptors (Lipinski definition) is 4. The summed E-state index contributed by atoms with van der Waals surface area (Å²) in [5, 5.41) is 3.44. The van der Waals surface area contributed by atoms with Gasteiger partial charge in [0.25, 0.3) is 0 Å². The van der Waals surface area contributed by atoms with Gasteiger partial charge in [-0.15, -0.1) is 11.3 Å². The highest BCUT2D eigenvalue weighted by molar-refractivity contribution is 7.09. The molecule has 0 aliphatic rings. The fourth-order valence-electron chi connectivity index (χ4n) is 1.33. The lowest BCUT2D eigenvalue weighted by Crippen LogP contribution is -2.30. The summed E-state index contributed by atoms with van der Waals surface area (Å²) >= 11 is 1.72. The van der Waals surface area contributed by atoms with Crippen LogP contribution in [0.15, 0.2) is 11.7 Å². The smallest absolute Gasteiger partial charge is 0.0794 e. The normalized spacial score (nSPS) is 11.5. The van der Waals surface area contributed by atoms with Gasteiger partial charge in [-0.1, -0.05) is 13.8 Å². The molecule has 15 heavy (non-hydrogen) atoms. The molecule has 1 aromatic heterocycles. The van der Waals surface area contributed by atoms with Gasteiger partial charge in [0.2, 0.25) is 0 Å². The van der Waals surface area contributed by atoms with Crippen LogP contribution in [-0.4, -0.2) is 36.6 Å². The summed E-state index contributed by atoms with van der Waals surface area (Å²) in [5.41, 5.74) is 1.89. The lowest BCUT2D eigenvalue weighted by atomic mass is 10.2. The maximum absolute atomic E-state index is 4.07. The van der Waals surface area contributed by atoms with Crippen molar-refractivity contribution in [1.29, 1.82) is 0 Å². The molecule has 0 saturated heterocycles. The van der Waals surface area contributed by atoms with Crippen LogP contribution >= 0.6 is 11.3 Å². The van der Waals surface area contributed by atoms with Crippen molar-refractivity contribution in [2.45, 2.75) is 20.4 Å². The summed E-state index contributed by atoms with van der Waals surface area (Å²) < 4.78 is 0. The van der Waals surface area contributed by atoms with Gasteiger partial charge in [0.1, 0.15) is 0 Å². The van der Waals surface area contributed by atoms with E-state index in [4.69, 9.17) is 0 Å². The highest BCUT2D eigenvalue weighted by atomic mass is 32.1. The number of aromatic nitrogens is 1. The number of thiazole rings is 1. The molecular formula is C11H21N3S. The van der Waals surface area contributed by atoms with Crippen molar-refractivity contribution in [2.24, 2.45) is 5.92 Å². The van der Waals surface area contributed by atoms with Crippen molar-refractivity contribution >= 4 is 11.3 Å². The van der Waals surface area contributed by atoms with Crippen molar-refractivity contribution in [1.82, 2.24) is 15.2 Å². The van der Waals surface area contributed by atoms with Gasteiger partial charge in [0, 0.05) is 30.7 Å². The number of rotatable bonds is 7. The molecular weight excluding hydrogens is 206 g/mol. The first kappa shape index (κ1) is 12.6. The van der Waals surface area contributed by atoms with Crippen LogP contribution in [0, 0.1) is 5.92 Å². The highest BCUT2D eigenvalue weighted by Crippen LogP contribution is 2.07. The minimum absolute atomic E-state index is 0.733. The molecule has 0 spiro atoms. The summed E-state index contributed by atoms with van der Waals surface area (Å²) in [6.07, 6.45) is 1.95. The van der Waals surface area contributed by atoms with E-state index in [0.717, 1.165) is 32.1 Å². The molecule has 1 heterocycles. The molecule has 0 saturated carbocycles. The standard InChI is InChI=1S/C11H21N3S/c1-10(2)6-12-4-5-14(3)8-11-7-13-9-15-11/h7,9-10,12H,4-6,8H2,1-3H3. The molecule has 3 nitrogen and oxygen atoms in total. The Labute approximate surface area is 96.5 Å². The number of nitrogens with one attached hydrogen (secondary N) is 1. The van der Waals surface area contributed by atoms with Crippen molar-refractivity contribution in [3.8, 4) is 0 Å². The first-order valence-corrected chi connectivity index (χ1v) is 6.33. The monoisotopic (exact) mass is 227 g/mol. The Kier molecular flexibility index (Phi) is 5.83. The topological polar surface area (TPSA) is 28.2 Å². The lowest BCUT2D eigenvalue weighted by Gasteiger charge is -2.16. The van der Waals surface area contributed by atoms with Crippen molar-refractivity contribution < 1.29 is 0 Å². The number of hydrogen-bond donors (Lipinski definition) is 1. The van der Waals surface area contributed by atoms with Crippen LogP contribution < -0.4 is 5.32 Å². The molecule has 0 aliphatic carbocycles. The van der Waals surface area contributed by atoms with Gasteiger partial charge in [-0.25, -0.2) is 0 Å². The average molecular weight is 227 g/mol. The number of likely N-dealkylation sites (N-methyl/N-ethyl adjacent to an activating group) is 1. The molecule has 0 unspecified atom stereocenters. The van der Waals surface area contributed by atoms with E-state index in [0.29, 0.717) is 0 Å². The summed E-state index contributed by atoms with van der Waals surface area (Å²) in [6.45, 7) is 8.72. The van der Waals surface area contributed by atoms with Crippen LogP contribution in [0.5, 0.6) is 0 Å². The molecule has 0 radical (unpaired) electrons. The first-order chi connectivity index (χ1) is 7.18. The van der Waals surface area contributed by atoms with Gasteiger partial charge in [-0.05, 0) is 19.5 Å². The van der Waals surface area contributed by atoms with Crippen molar-refractivity contribution in [3.05, 3.63) is 16.6 Å². The molecule has 1 aromatic rings. The minimum atomic E-state index is 0.733. The molecule has 0 aliphatic heterocycles. The SMILES string of the molecule is CC(C)CNCCN(C)Cc1cncs1. The quantitative estimate of drug-likeness (QED) is 0.720. The summed E-state index contributed by atoms with van der Waals surface area (Å²) in [4.78, 5) is 7.73. The van der Waals surface area contributed by atoms with Crippen LogP contribution in [0.2, 0.25) is 0 Å². The van der Waals surface area contributed by atoms with E-state index in [-0.39, 0.29) is 0 Å². The highest BCUT2D eigenvalue weighted by Gasteiger charge is 2.01. The molecule has 1 N–H and O–H groups in total. The third-order valence-electron chi connectivity index (χ3n) is 2.13. The second-order valence-electron chi connectivity index (χ2n) is 4.30. The molecule has 86 valence electrons. The molecule has 4 heteroatoms. The van der Waals surface area contributed by atoms with E-state index >= 15 is 0 Å². The Morgan fingerprint density at radius 1 is 1.53 bits per heavy atom. The Balaban J connectivity index is 2.06. The maximum Gasteiger partial charge on any atom is 0.0794 e. The second kappa shape index (κ2) is 6.93. The third-order valence-corrected chi connectivity index (χ3v) is 2.90. The van der Waals surface area contributed by atoms with Gasteiger partial charge >= 0.3 is 0 Å². The van der Waals surface area contributed by atoms with E-state index in [1.165, 1.54) is 4.88 Å². The third kappa shape index (κ3) is 5.87. The van der Waals surface area contributed by atoms with Gasteiger partial charge in [-0.3, -0.25) is 9.88 Å². The Morgan fingerprint density at radius 2 is 2.33 bits per heavy atom. The molecule has 1 rings (SSSR count). The van der Waals surface area contributed by atoms with Crippen LogP contribution in [0.4, 0.5) is 0 Å². The van der Waals surface area contributed by atoms with E-state index in [1.54, 1.807) is 11.3 Å². The fourth-order valence-corrected chi connectivity index (χ4v) is 2.00. The lowest BCUT2D eigenvalue weighted by molar-refractivity contribution is 0.324. The van der Waals surface area contributed by atoms with Crippen molar-refractivity contribution in [2.75, 3.05) is 26.7 Å². The van der Waals surface area contributed by atoms with E-state index in [1.807, 2.05) is 11.7 Å². The minimum Gasteiger partial charge on any atom is -0.315 e. The summed E-state index contributed by atoms with van der Waals surface area (Å²) in [7, 11) is 2.15. The van der Waals surface area contributed by atoms with Gasteiger partial charge < -0.3 is 5.32 Å². The zero-order valence-corrected chi connectivity index (χ0v) is 10.7. The predicted molar refractivity (Wildman–Crippen MR) is 66.2 cm³/mol. The van der Waals surface area contributed by atoms with Gasteiger partial charge in [0.15, 0.2) is 0 Å². The Morgan fingerprint density at radius 3 is 2.93 bits per heavy atom. The second-order valence-corrected chi connectivity index (χ2v) is 5.27. The van der Waals surface area contributed by atoms with Crippen LogP contribution in [-0.2, 0) is 6.54 Å². The van der Waals surface area contributed by atoms with E-state index in [2.05, 4.69) is 36.1 Å². The largest absolute Gasteiger partial charge is 0.315 e. The maximum atomic E-state index is 4.07. The first-order valence-electron chi connectivity index (χ1n) is 5.45. The predicted octanol–water partition coefficient (Wildman–Crippen LogP) is 1.82. The molecule has 0 amide bonds.